The second-order valence-electron chi connectivity index (χ2n) is 6.45. The molecule has 7 heteroatoms. The first-order valence-electron chi connectivity index (χ1n) is 8.19. The number of aryl methyl sites for hydroxylation is 1. The Balaban J connectivity index is 2.58. The number of aldehydes is 1. The summed E-state index contributed by atoms with van der Waals surface area (Å²) in [5, 5.41) is 0. The van der Waals surface area contributed by atoms with E-state index in [2.05, 4.69) is 0 Å². The zero-order valence-corrected chi connectivity index (χ0v) is 15.8. The highest BCUT2D eigenvalue weighted by molar-refractivity contribution is 7.89. The van der Waals surface area contributed by atoms with Crippen molar-refractivity contribution in [3.8, 4) is 0 Å². The van der Waals surface area contributed by atoms with E-state index in [1.807, 2.05) is 13.8 Å². The number of Topliss-reactive ketones (excluding diaryl/α,β-unsaturated/α-hetero) is 1. The van der Waals surface area contributed by atoms with Crippen LogP contribution in [0.3, 0.4) is 0 Å². The number of ketones is 1. The Labute approximate surface area is 149 Å². The third-order valence-electron chi connectivity index (χ3n) is 4.25. The Morgan fingerprint density at radius 2 is 1.84 bits per heavy atom. The van der Waals surface area contributed by atoms with Gasteiger partial charge in [-0.05, 0) is 25.5 Å². The highest BCUT2D eigenvalue weighted by atomic mass is 32.2. The molecule has 0 amide bonds. The summed E-state index contributed by atoms with van der Waals surface area (Å²) in [6, 6.07) is 4.86. The Hall–Kier alpha value is -1.99. The lowest BCUT2D eigenvalue weighted by Gasteiger charge is -2.39. The zero-order valence-electron chi connectivity index (χ0n) is 15.0. The first kappa shape index (κ1) is 19.3. The van der Waals surface area contributed by atoms with Crippen LogP contribution in [-0.2, 0) is 19.6 Å². The Morgan fingerprint density at radius 1 is 1.24 bits per heavy atom. The molecule has 0 aromatic heterocycles. The fourth-order valence-electron chi connectivity index (χ4n) is 3.07. The SMILES string of the molecule is CCC1/C(=C/N(C)C)C(=O)CC(C=O)N1S(=O)(=O)c1ccc(C)cc1. The van der Waals surface area contributed by atoms with Gasteiger partial charge in [0.25, 0.3) is 0 Å². The molecule has 2 unspecified atom stereocenters. The summed E-state index contributed by atoms with van der Waals surface area (Å²) in [5.41, 5.74) is 1.36. The van der Waals surface area contributed by atoms with E-state index < -0.39 is 22.1 Å². The van der Waals surface area contributed by atoms with E-state index in [0.29, 0.717) is 18.3 Å². The van der Waals surface area contributed by atoms with Crippen molar-refractivity contribution in [2.75, 3.05) is 14.1 Å². The van der Waals surface area contributed by atoms with Crippen LogP contribution in [0.15, 0.2) is 40.9 Å². The molecule has 2 rings (SSSR count). The van der Waals surface area contributed by atoms with E-state index in [0.717, 1.165) is 5.56 Å². The van der Waals surface area contributed by atoms with E-state index in [1.54, 1.807) is 37.3 Å². The summed E-state index contributed by atoms with van der Waals surface area (Å²) in [7, 11) is -0.352. The number of benzene rings is 1. The molecule has 0 radical (unpaired) electrons. The maximum absolute atomic E-state index is 13.2. The van der Waals surface area contributed by atoms with E-state index in [4.69, 9.17) is 0 Å². The molecule has 0 aliphatic carbocycles. The topological polar surface area (TPSA) is 74.8 Å². The normalized spacial score (nSPS) is 23.7. The maximum atomic E-state index is 13.2. The van der Waals surface area contributed by atoms with Gasteiger partial charge in [-0.25, -0.2) is 8.42 Å². The first-order valence-corrected chi connectivity index (χ1v) is 9.63. The van der Waals surface area contributed by atoms with Crippen molar-refractivity contribution in [2.45, 2.75) is 43.7 Å². The van der Waals surface area contributed by atoms with Crippen molar-refractivity contribution in [3.05, 3.63) is 41.6 Å². The lowest BCUT2D eigenvalue weighted by molar-refractivity contribution is -0.123. The van der Waals surface area contributed by atoms with Crippen molar-refractivity contribution in [1.82, 2.24) is 9.21 Å². The van der Waals surface area contributed by atoms with Crippen molar-refractivity contribution < 1.29 is 18.0 Å². The van der Waals surface area contributed by atoms with Gasteiger partial charge in [-0.1, -0.05) is 24.6 Å². The molecule has 6 nitrogen and oxygen atoms in total. The molecule has 1 aromatic carbocycles. The first-order chi connectivity index (χ1) is 11.7. The van der Waals surface area contributed by atoms with E-state index in [9.17, 15) is 18.0 Å². The van der Waals surface area contributed by atoms with E-state index in [-0.39, 0.29) is 17.1 Å². The number of rotatable bonds is 5. The molecule has 25 heavy (non-hydrogen) atoms. The molecule has 1 fully saturated rings. The molecule has 0 saturated carbocycles. The fourth-order valence-corrected chi connectivity index (χ4v) is 4.88. The van der Waals surface area contributed by atoms with Gasteiger partial charge in [0.2, 0.25) is 10.0 Å². The number of carbonyl (C=O) groups is 2. The molecular formula is C18H24N2O4S. The van der Waals surface area contributed by atoms with Gasteiger partial charge >= 0.3 is 0 Å². The minimum atomic E-state index is -3.90. The summed E-state index contributed by atoms with van der Waals surface area (Å²) in [6.45, 7) is 3.68. The van der Waals surface area contributed by atoms with Gasteiger partial charge in [0, 0.05) is 32.3 Å². The zero-order chi connectivity index (χ0) is 18.8. The number of carbonyl (C=O) groups excluding carboxylic acids is 2. The molecule has 1 heterocycles. The van der Waals surface area contributed by atoms with Crippen LogP contribution in [0.25, 0.3) is 0 Å². The van der Waals surface area contributed by atoms with Crippen LogP contribution >= 0.6 is 0 Å². The third-order valence-corrected chi connectivity index (χ3v) is 6.20. The van der Waals surface area contributed by atoms with Crippen LogP contribution in [0.1, 0.15) is 25.3 Å². The maximum Gasteiger partial charge on any atom is 0.244 e. The molecule has 0 spiro atoms. The summed E-state index contributed by atoms with van der Waals surface area (Å²) in [5.74, 6) is -0.187. The van der Waals surface area contributed by atoms with Crippen LogP contribution < -0.4 is 0 Å². The Kier molecular flexibility index (Phi) is 5.80. The summed E-state index contributed by atoms with van der Waals surface area (Å²) < 4.78 is 27.6. The third kappa shape index (κ3) is 3.82. The molecular weight excluding hydrogens is 340 g/mol. The smallest absolute Gasteiger partial charge is 0.244 e. The number of nitrogens with zero attached hydrogens (tertiary/aromatic N) is 2. The van der Waals surface area contributed by atoms with Gasteiger partial charge < -0.3 is 9.69 Å². The largest absolute Gasteiger partial charge is 0.383 e. The predicted molar refractivity (Wildman–Crippen MR) is 95.5 cm³/mol. The summed E-state index contributed by atoms with van der Waals surface area (Å²) >= 11 is 0. The van der Waals surface area contributed by atoms with E-state index in [1.165, 1.54) is 16.4 Å². The minimum Gasteiger partial charge on any atom is -0.383 e. The average Bonchev–Trinajstić information content (AvgIpc) is 2.55. The molecule has 1 saturated heterocycles. The van der Waals surface area contributed by atoms with Gasteiger partial charge in [-0.15, -0.1) is 0 Å². The Morgan fingerprint density at radius 3 is 2.32 bits per heavy atom. The molecule has 1 aliphatic heterocycles. The van der Waals surface area contributed by atoms with Gasteiger partial charge in [-0.2, -0.15) is 4.31 Å². The molecule has 1 aromatic rings. The van der Waals surface area contributed by atoms with Gasteiger partial charge in [0.15, 0.2) is 5.78 Å². The molecule has 0 bridgehead atoms. The summed E-state index contributed by atoms with van der Waals surface area (Å²) in [4.78, 5) is 25.8. The lowest BCUT2D eigenvalue weighted by Crippen LogP contribution is -2.54. The molecule has 0 N–H and O–H groups in total. The average molecular weight is 364 g/mol. The van der Waals surface area contributed by atoms with Crippen LogP contribution in [0.4, 0.5) is 0 Å². The highest BCUT2D eigenvalue weighted by Gasteiger charge is 2.44. The highest BCUT2D eigenvalue weighted by Crippen LogP contribution is 2.32. The van der Waals surface area contributed by atoms with Crippen molar-refractivity contribution in [3.63, 3.8) is 0 Å². The van der Waals surface area contributed by atoms with Crippen LogP contribution in [0, 0.1) is 6.92 Å². The molecule has 1 aliphatic rings. The second-order valence-corrected chi connectivity index (χ2v) is 8.29. The number of hydrogen-bond donors (Lipinski definition) is 0. The van der Waals surface area contributed by atoms with Crippen LogP contribution in [-0.4, -0.2) is 55.9 Å². The fraction of sp³-hybridized carbons (Fsp3) is 0.444. The molecule has 2 atom stereocenters. The van der Waals surface area contributed by atoms with Crippen molar-refractivity contribution in [2.24, 2.45) is 0 Å². The standard InChI is InChI=1S/C18H24N2O4S/c1-5-17-16(11-19(3)4)18(22)10-14(12-21)20(17)25(23,24)15-8-6-13(2)7-9-15/h6-9,11-12,14,17H,5,10H2,1-4H3/b16-11-. The van der Waals surface area contributed by atoms with Gasteiger partial charge in [-0.3, -0.25) is 4.79 Å². The van der Waals surface area contributed by atoms with E-state index >= 15 is 0 Å². The van der Waals surface area contributed by atoms with Crippen molar-refractivity contribution in [1.29, 1.82) is 0 Å². The van der Waals surface area contributed by atoms with Crippen molar-refractivity contribution >= 4 is 22.1 Å². The van der Waals surface area contributed by atoms with Crippen LogP contribution in [0.2, 0.25) is 0 Å². The second kappa shape index (κ2) is 7.49. The number of piperidine rings is 1. The minimum absolute atomic E-state index is 0.127. The van der Waals surface area contributed by atoms with Gasteiger partial charge in [0.1, 0.15) is 6.29 Å². The number of hydrogen-bond acceptors (Lipinski definition) is 5. The van der Waals surface area contributed by atoms with Crippen LogP contribution in [0.5, 0.6) is 0 Å². The quantitative estimate of drug-likeness (QED) is 0.588. The monoisotopic (exact) mass is 364 g/mol. The van der Waals surface area contributed by atoms with Gasteiger partial charge in [0.05, 0.1) is 17.0 Å². The predicted octanol–water partition coefficient (Wildman–Crippen LogP) is 1.75. The lowest BCUT2D eigenvalue weighted by atomic mass is 9.91. The molecule has 136 valence electrons. The number of sulfonamides is 1. The summed E-state index contributed by atoms with van der Waals surface area (Å²) in [6.07, 6.45) is 2.47. The Bertz CT molecular complexity index is 782.